The summed E-state index contributed by atoms with van der Waals surface area (Å²) in [6, 6.07) is 3.63. The Kier molecular flexibility index (Phi) is 6.23. The van der Waals surface area contributed by atoms with Gasteiger partial charge in [-0.2, -0.15) is 5.10 Å². The number of rotatable bonds is 7. The predicted molar refractivity (Wildman–Crippen MR) is 102 cm³/mol. The number of aromatic nitrogens is 3. The third-order valence-corrected chi connectivity index (χ3v) is 3.65. The first-order valence-corrected chi connectivity index (χ1v) is 7.97. The number of nitrogens with two attached hydrogens (primary N) is 1. The van der Waals surface area contributed by atoms with E-state index in [1.54, 1.807) is 30.6 Å². The monoisotopic (exact) mass is 334 g/mol. The molecule has 0 saturated heterocycles. The van der Waals surface area contributed by atoms with Crippen molar-refractivity contribution < 1.29 is 4.79 Å². The molecule has 3 N–H and O–H groups in total. The van der Waals surface area contributed by atoms with Gasteiger partial charge in [0.25, 0.3) is 0 Å². The Labute approximate surface area is 147 Å². The summed E-state index contributed by atoms with van der Waals surface area (Å²) in [7, 11) is 0. The maximum atomic E-state index is 12.7. The number of carbonyl (C=O) groups is 1. The Morgan fingerprint density at radius 3 is 2.88 bits per heavy atom. The smallest absolute Gasteiger partial charge is 0.187 e. The summed E-state index contributed by atoms with van der Waals surface area (Å²) in [4.78, 5) is 17.0. The number of nitrogens with zero attached hydrogens (tertiary/aromatic N) is 2. The van der Waals surface area contributed by atoms with Gasteiger partial charge in [-0.05, 0) is 50.6 Å². The first kappa shape index (κ1) is 18.1. The first-order chi connectivity index (χ1) is 12.0. The maximum absolute atomic E-state index is 12.7. The fourth-order valence-corrected chi connectivity index (χ4v) is 2.24. The van der Waals surface area contributed by atoms with Crippen molar-refractivity contribution in [1.29, 1.82) is 0 Å². The number of aromatic amines is 1. The molecule has 0 aliphatic rings. The lowest BCUT2D eigenvalue weighted by molar-refractivity contribution is 0.104. The number of nitrogens with one attached hydrogen (secondary N) is 1. The summed E-state index contributed by atoms with van der Waals surface area (Å²) in [6.45, 7) is 7.52. The molecule has 5 nitrogen and oxygen atoms in total. The van der Waals surface area contributed by atoms with E-state index in [4.69, 9.17) is 5.73 Å². The maximum Gasteiger partial charge on any atom is 0.187 e. The standard InChI is InChI=1S/C20H22N4O/c1-4-16(21)8-6-7-14(3)11-20(25)17-12-15(13-22-18(17)5-2)19-9-10-23-24-19/h4-6,8-13H,2,7,21H2,1,3H3,(H,23,24)/b8-6?,14-11+,16-4+. The Bertz CT molecular complexity index is 843. The molecule has 5 heteroatoms. The molecule has 0 aromatic carbocycles. The minimum atomic E-state index is -0.103. The third kappa shape index (κ3) is 4.88. The number of allylic oxidation sites excluding steroid dienone is 5. The number of pyridine rings is 1. The van der Waals surface area contributed by atoms with E-state index in [1.165, 1.54) is 0 Å². The summed E-state index contributed by atoms with van der Waals surface area (Å²) >= 11 is 0. The minimum Gasteiger partial charge on any atom is -0.399 e. The van der Waals surface area contributed by atoms with E-state index < -0.39 is 0 Å². The molecule has 0 aliphatic carbocycles. The van der Waals surface area contributed by atoms with Gasteiger partial charge in [0.2, 0.25) is 0 Å². The highest BCUT2D eigenvalue weighted by molar-refractivity contribution is 6.07. The zero-order valence-electron chi connectivity index (χ0n) is 14.5. The molecule has 0 bridgehead atoms. The van der Waals surface area contributed by atoms with Gasteiger partial charge >= 0.3 is 0 Å². The molecule has 0 atom stereocenters. The van der Waals surface area contributed by atoms with Gasteiger partial charge in [0.05, 0.1) is 11.4 Å². The molecular formula is C20H22N4O. The molecule has 2 heterocycles. The quantitative estimate of drug-likeness (QED) is 0.454. The SMILES string of the molecule is C=Cc1ncc(-c2ccn[nH]2)cc1C(=O)/C=C(\C)CC=C/C(N)=C\C. The van der Waals surface area contributed by atoms with Crippen LogP contribution in [0.25, 0.3) is 17.3 Å². The van der Waals surface area contributed by atoms with Crippen molar-refractivity contribution in [2.75, 3.05) is 0 Å². The summed E-state index contributed by atoms with van der Waals surface area (Å²) in [5.41, 5.74) is 10.0. The lowest BCUT2D eigenvalue weighted by Crippen LogP contribution is -2.02. The molecule has 0 aliphatic heterocycles. The lowest BCUT2D eigenvalue weighted by Gasteiger charge is -2.05. The highest BCUT2D eigenvalue weighted by Crippen LogP contribution is 2.20. The zero-order chi connectivity index (χ0) is 18.2. The van der Waals surface area contributed by atoms with Crippen LogP contribution in [0.5, 0.6) is 0 Å². The molecule has 0 amide bonds. The number of hydrogen-bond acceptors (Lipinski definition) is 4. The second kappa shape index (κ2) is 8.59. The highest BCUT2D eigenvalue weighted by Gasteiger charge is 2.11. The Morgan fingerprint density at radius 2 is 2.24 bits per heavy atom. The van der Waals surface area contributed by atoms with Gasteiger partial charge in [0.1, 0.15) is 0 Å². The van der Waals surface area contributed by atoms with Crippen LogP contribution in [0.4, 0.5) is 0 Å². The second-order valence-electron chi connectivity index (χ2n) is 5.58. The molecule has 25 heavy (non-hydrogen) atoms. The molecule has 0 unspecified atom stereocenters. The van der Waals surface area contributed by atoms with Crippen LogP contribution in [0.1, 0.15) is 36.3 Å². The summed E-state index contributed by atoms with van der Waals surface area (Å²) in [6.07, 6.45) is 12.8. The molecule has 128 valence electrons. The molecule has 0 radical (unpaired) electrons. The van der Waals surface area contributed by atoms with Gasteiger partial charge < -0.3 is 5.73 Å². The Balaban J connectivity index is 2.25. The fraction of sp³-hybridized carbons (Fsp3) is 0.150. The summed E-state index contributed by atoms with van der Waals surface area (Å²) < 4.78 is 0. The van der Waals surface area contributed by atoms with Crippen molar-refractivity contribution in [3.8, 4) is 11.3 Å². The van der Waals surface area contributed by atoms with E-state index in [-0.39, 0.29) is 5.78 Å². The van der Waals surface area contributed by atoms with Crippen LogP contribution >= 0.6 is 0 Å². The summed E-state index contributed by atoms with van der Waals surface area (Å²) in [5, 5.41) is 6.80. The molecule has 0 fully saturated rings. The van der Waals surface area contributed by atoms with Crippen LogP contribution in [0.3, 0.4) is 0 Å². The van der Waals surface area contributed by atoms with Crippen molar-refractivity contribution in [2.45, 2.75) is 20.3 Å². The summed E-state index contributed by atoms with van der Waals surface area (Å²) in [5.74, 6) is -0.103. The molecular weight excluding hydrogens is 312 g/mol. The molecule has 0 spiro atoms. The predicted octanol–water partition coefficient (Wildman–Crippen LogP) is 4.05. The minimum absolute atomic E-state index is 0.103. The van der Waals surface area contributed by atoms with Crippen LogP contribution in [-0.2, 0) is 0 Å². The Hall–Kier alpha value is -3.21. The van der Waals surface area contributed by atoms with Crippen LogP contribution in [0, 0.1) is 0 Å². The van der Waals surface area contributed by atoms with E-state index in [0.717, 1.165) is 16.8 Å². The number of carbonyl (C=O) groups excluding carboxylic acids is 1. The average Bonchev–Trinajstić information content (AvgIpc) is 3.15. The molecule has 2 rings (SSSR count). The second-order valence-corrected chi connectivity index (χ2v) is 5.58. The topological polar surface area (TPSA) is 84.7 Å². The van der Waals surface area contributed by atoms with Gasteiger partial charge in [0, 0.05) is 29.2 Å². The van der Waals surface area contributed by atoms with E-state index in [2.05, 4.69) is 21.8 Å². The van der Waals surface area contributed by atoms with Crippen molar-refractivity contribution in [1.82, 2.24) is 15.2 Å². The number of ketones is 1. The van der Waals surface area contributed by atoms with Crippen LogP contribution < -0.4 is 5.73 Å². The Morgan fingerprint density at radius 1 is 1.44 bits per heavy atom. The van der Waals surface area contributed by atoms with E-state index in [0.29, 0.717) is 23.4 Å². The van der Waals surface area contributed by atoms with Gasteiger partial charge in [0.15, 0.2) is 5.78 Å². The third-order valence-electron chi connectivity index (χ3n) is 3.65. The molecule has 0 saturated carbocycles. The van der Waals surface area contributed by atoms with Crippen LogP contribution in [0.15, 0.2) is 66.7 Å². The van der Waals surface area contributed by atoms with Crippen molar-refractivity contribution in [3.63, 3.8) is 0 Å². The van der Waals surface area contributed by atoms with Gasteiger partial charge in [-0.1, -0.05) is 24.3 Å². The number of hydrogen-bond donors (Lipinski definition) is 2. The van der Waals surface area contributed by atoms with Crippen molar-refractivity contribution >= 4 is 11.9 Å². The zero-order valence-corrected chi connectivity index (χ0v) is 14.5. The molecule has 2 aromatic rings. The normalized spacial score (nSPS) is 12.6. The van der Waals surface area contributed by atoms with E-state index in [9.17, 15) is 4.79 Å². The van der Waals surface area contributed by atoms with E-state index in [1.807, 2.05) is 38.1 Å². The van der Waals surface area contributed by atoms with Crippen LogP contribution in [0.2, 0.25) is 0 Å². The first-order valence-electron chi connectivity index (χ1n) is 7.97. The lowest BCUT2D eigenvalue weighted by atomic mass is 10.0. The van der Waals surface area contributed by atoms with Gasteiger partial charge in [-0.25, -0.2) is 0 Å². The van der Waals surface area contributed by atoms with E-state index >= 15 is 0 Å². The molecule has 2 aromatic heterocycles. The average molecular weight is 334 g/mol. The van der Waals surface area contributed by atoms with Gasteiger partial charge in [-0.3, -0.25) is 14.9 Å². The largest absolute Gasteiger partial charge is 0.399 e. The van der Waals surface area contributed by atoms with Crippen LogP contribution in [-0.4, -0.2) is 21.0 Å². The number of H-pyrrole nitrogens is 1. The highest BCUT2D eigenvalue weighted by atomic mass is 16.1. The van der Waals surface area contributed by atoms with Crippen molar-refractivity contribution in [3.05, 3.63) is 77.9 Å². The fourth-order valence-electron chi connectivity index (χ4n) is 2.24. The van der Waals surface area contributed by atoms with Gasteiger partial charge in [-0.15, -0.1) is 0 Å². The van der Waals surface area contributed by atoms with Crippen molar-refractivity contribution in [2.24, 2.45) is 5.73 Å².